The Morgan fingerprint density at radius 1 is 1.16 bits per heavy atom. The van der Waals surface area contributed by atoms with Crippen LogP contribution in [0.15, 0.2) is 23.1 Å². The molecule has 7 heteroatoms. The predicted octanol–water partition coefficient (Wildman–Crippen LogP) is 2.38. The number of carboxylic acids is 1. The van der Waals surface area contributed by atoms with Gasteiger partial charge in [0.15, 0.2) is 9.84 Å². The second-order valence-corrected chi connectivity index (χ2v) is 6.18. The van der Waals surface area contributed by atoms with E-state index < -0.39 is 32.3 Å². The third kappa shape index (κ3) is 4.94. The van der Waals surface area contributed by atoms with Gasteiger partial charge in [-0.05, 0) is 25.0 Å². The molecule has 0 heterocycles. The summed E-state index contributed by atoms with van der Waals surface area (Å²) in [5.41, 5.74) is 0. The first-order chi connectivity index (χ1) is 8.83. The summed E-state index contributed by atoms with van der Waals surface area (Å²) in [4.78, 5) is 9.73. The molecule has 0 aliphatic carbocycles. The number of carboxylic acid groups (broad SMARTS) is 1. The molecular weight excluding hydrogens is 278 g/mol. The fraction of sp³-hybridized carbons (Fsp3) is 0.417. The summed E-state index contributed by atoms with van der Waals surface area (Å²) in [6, 6.07) is 2.31. The first-order valence-electron chi connectivity index (χ1n) is 5.72. The summed E-state index contributed by atoms with van der Waals surface area (Å²) in [6.07, 6.45) is 1.02. The van der Waals surface area contributed by atoms with Crippen molar-refractivity contribution in [1.82, 2.24) is 0 Å². The monoisotopic (exact) mass is 292 g/mol. The van der Waals surface area contributed by atoms with Crippen LogP contribution in [0.3, 0.4) is 0 Å². The Morgan fingerprint density at radius 3 is 2.42 bits per heavy atom. The number of halogens is 2. The second kappa shape index (κ2) is 6.60. The number of benzene rings is 1. The number of carbonyl (C=O) groups is 1. The summed E-state index contributed by atoms with van der Waals surface area (Å²) in [5.74, 6) is -3.16. The van der Waals surface area contributed by atoms with Crippen LogP contribution in [0.4, 0.5) is 8.78 Å². The van der Waals surface area contributed by atoms with Crippen LogP contribution in [0, 0.1) is 11.6 Å². The van der Waals surface area contributed by atoms with Crippen LogP contribution in [0.1, 0.15) is 25.7 Å². The maximum atomic E-state index is 13.3. The summed E-state index contributed by atoms with van der Waals surface area (Å²) in [7, 11) is -3.80. The molecule has 0 spiro atoms. The molecule has 1 aromatic carbocycles. The number of hydrogen-bond acceptors (Lipinski definition) is 3. The standard InChI is InChI=1S/C12H14F2O4S/c13-9-5-6-11(10(14)8-9)19(17,18)7-3-1-2-4-12(15)16/h5-6,8H,1-4,7H2,(H,15,16). The Morgan fingerprint density at radius 2 is 1.84 bits per heavy atom. The van der Waals surface area contributed by atoms with Crippen LogP contribution in [0.5, 0.6) is 0 Å². The fourth-order valence-electron chi connectivity index (χ4n) is 1.58. The molecule has 1 N–H and O–H groups in total. The highest BCUT2D eigenvalue weighted by molar-refractivity contribution is 7.91. The van der Waals surface area contributed by atoms with E-state index >= 15 is 0 Å². The van der Waals surface area contributed by atoms with Crippen LogP contribution < -0.4 is 0 Å². The van der Waals surface area contributed by atoms with Crippen molar-refractivity contribution in [2.45, 2.75) is 30.6 Å². The van der Waals surface area contributed by atoms with Crippen LogP contribution in [0.25, 0.3) is 0 Å². The van der Waals surface area contributed by atoms with E-state index in [0.717, 1.165) is 12.1 Å². The zero-order valence-corrected chi connectivity index (χ0v) is 10.9. The molecule has 0 aromatic heterocycles. The summed E-state index contributed by atoms with van der Waals surface area (Å²) in [5, 5.41) is 8.41. The normalized spacial score (nSPS) is 11.5. The highest BCUT2D eigenvalue weighted by Crippen LogP contribution is 2.18. The first kappa shape index (κ1) is 15.6. The lowest BCUT2D eigenvalue weighted by Crippen LogP contribution is -2.09. The van der Waals surface area contributed by atoms with Gasteiger partial charge >= 0.3 is 5.97 Å². The molecule has 0 fully saturated rings. The maximum Gasteiger partial charge on any atom is 0.303 e. The van der Waals surface area contributed by atoms with Crippen LogP contribution in [-0.4, -0.2) is 25.2 Å². The van der Waals surface area contributed by atoms with Gasteiger partial charge in [-0.1, -0.05) is 6.42 Å². The summed E-state index contributed by atoms with van der Waals surface area (Å²) >= 11 is 0. The molecule has 4 nitrogen and oxygen atoms in total. The van der Waals surface area contributed by atoms with Crippen molar-refractivity contribution in [3.63, 3.8) is 0 Å². The molecule has 0 bridgehead atoms. The first-order valence-corrected chi connectivity index (χ1v) is 7.38. The molecule has 0 unspecified atom stereocenters. The van der Waals surface area contributed by atoms with Gasteiger partial charge in [-0.25, -0.2) is 17.2 Å². The Bertz CT molecular complexity index is 555. The molecule has 0 radical (unpaired) electrons. The minimum absolute atomic E-state index is 0.0229. The highest BCUT2D eigenvalue weighted by atomic mass is 32.2. The Kier molecular flexibility index (Phi) is 5.41. The van der Waals surface area contributed by atoms with E-state index in [4.69, 9.17) is 5.11 Å². The number of rotatable bonds is 7. The third-order valence-corrected chi connectivity index (χ3v) is 4.36. The van der Waals surface area contributed by atoms with Gasteiger partial charge in [0.25, 0.3) is 0 Å². The SMILES string of the molecule is O=C(O)CCCCCS(=O)(=O)c1ccc(F)cc1F. The van der Waals surface area contributed by atoms with Crippen molar-refractivity contribution in [3.05, 3.63) is 29.8 Å². The largest absolute Gasteiger partial charge is 0.481 e. The minimum atomic E-state index is -3.80. The summed E-state index contributed by atoms with van der Waals surface area (Å²) < 4.78 is 49.6. The highest BCUT2D eigenvalue weighted by Gasteiger charge is 2.19. The van der Waals surface area contributed by atoms with Gasteiger partial charge in [-0.15, -0.1) is 0 Å². The van der Waals surface area contributed by atoms with Crippen LogP contribution >= 0.6 is 0 Å². The van der Waals surface area contributed by atoms with E-state index in [1.54, 1.807) is 0 Å². The molecule has 0 saturated heterocycles. The topological polar surface area (TPSA) is 71.4 Å². The van der Waals surface area contributed by atoms with Gasteiger partial charge in [-0.2, -0.15) is 0 Å². The average molecular weight is 292 g/mol. The van der Waals surface area contributed by atoms with Crippen molar-refractivity contribution in [3.8, 4) is 0 Å². The smallest absolute Gasteiger partial charge is 0.303 e. The Balaban J connectivity index is 2.59. The van der Waals surface area contributed by atoms with E-state index in [1.807, 2.05) is 0 Å². The van der Waals surface area contributed by atoms with Crippen molar-refractivity contribution in [2.75, 3.05) is 5.75 Å². The molecule has 106 valence electrons. The molecular formula is C12H14F2O4S. The minimum Gasteiger partial charge on any atom is -0.481 e. The molecule has 1 aromatic rings. The summed E-state index contributed by atoms with van der Waals surface area (Å²) in [6.45, 7) is 0. The lowest BCUT2D eigenvalue weighted by Gasteiger charge is -2.05. The molecule has 1 rings (SSSR count). The second-order valence-electron chi connectivity index (χ2n) is 4.10. The predicted molar refractivity (Wildman–Crippen MR) is 64.5 cm³/mol. The van der Waals surface area contributed by atoms with Crippen LogP contribution in [0.2, 0.25) is 0 Å². The number of unbranched alkanes of at least 4 members (excludes halogenated alkanes) is 2. The van der Waals surface area contributed by atoms with Gasteiger partial charge in [-0.3, -0.25) is 4.79 Å². The number of aliphatic carboxylic acids is 1. The average Bonchev–Trinajstić information content (AvgIpc) is 2.27. The van der Waals surface area contributed by atoms with Crippen molar-refractivity contribution in [1.29, 1.82) is 0 Å². The van der Waals surface area contributed by atoms with Gasteiger partial charge in [0.05, 0.1) is 5.75 Å². The lowest BCUT2D eigenvalue weighted by molar-refractivity contribution is -0.137. The fourth-order valence-corrected chi connectivity index (χ4v) is 3.02. The van der Waals surface area contributed by atoms with E-state index in [1.165, 1.54) is 0 Å². The zero-order valence-electron chi connectivity index (χ0n) is 10.1. The van der Waals surface area contributed by atoms with Gasteiger partial charge in [0, 0.05) is 12.5 Å². The van der Waals surface area contributed by atoms with E-state index in [2.05, 4.69) is 0 Å². The van der Waals surface area contributed by atoms with E-state index in [9.17, 15) is 22.0 Å². The Hall–Kier alpha value is -1.50. The van der Waals surface area contributed by atoms with E-state index in [0.29, 0.717) is 18.9 Å². The van der Waals surface area contributed by atoms with Crippen LogP contribution in [-0.2, 0) is 14.6 Å². The van der Waals surface area contributed by atoms with Crippen molar-refractivity contribution < 1.29 is 27.1 Å². The number of hydrogen-bond donors (Lipinski definition) is 1. The van der Waals surface area contributed by atoms with Gasteiger partial charge in [0.1, 0.15) is 16.5 Å². The quantitative estimate of drug-likeness (QED) is 0.618. The third-order valence-electron chi connectivity index (χ3n) is 2.53. The van der Waals surface area contributed by atoms with Gasteiger partial charge < -0.3 is 5.11 Å². The van der Waals surface area contributed by atoms with Crippen molar-refractivity contribution >= 4 is 15.8 Å². The zero-order chi connectivity index (χ0) is 14.5. The van der Waals surface area contributed by atoms with Gasteiger partial charge in [0.2, 0.25) is 0 Å². The number of sulfone groups is 1. The maximum absolute atomic E-state index is 13.3. The Labute approximate surface area is 110 Å². The molecule has 0 saturated carbocycles. The molecule has 0 amide bonds. The molecule has 0 atom stereocenters. The van der Waals surface area contributed by atoms with E-state index in [-0.39, 0.29) is 18.6 Å². The van der Waals surface area contributed by atoms with Crippen molar-refractivity contribution in [2.24, 2.45) is 0 Å². The molecule has 19 heavy (non-hydrogen) atoms. The molecule has 0 aliphatic rings. The molecule has 0 aliphatic heterocycles. The lowest BCUT2D eigenvalue weighted by atomic mass is 10.2.